The second-order valence-electron chi connectivity index (χ2n) is 4.52. The van der Waals surface area contributed by atoms with Crippen molar-refractivity contribution in [2.45, 2.75) is 38.6 Å². The Kier molecular flexibility index (Phi) is 4.73. The molecular formula is C11H20N2O3. The van der Waals surface area contributed by atoms with E-state index in [1.54, 1.807) is 0 Å². The maximum atomic E-state index is 11.7. The number of amides is 1. The van der Waals surface area contributed by atoms with Gasteiger partial charge in [0.05, 0.1) is 0 Å². The summed E-state index contributed by atoms with van der Waals surface area (Å²) in [7, 11) is 0. The summed E-state index contributed by atoms with van der Waals surface area (Å²) in [6.45, 7) is 2.16. The molecule has 16 heavy (non-hydrogen) atoms. The predicted molar refractivity (Wildman–Crippen MR) is 59.7 cm³/mol. The van der Waals surface area contributed by atoms with Crippen LogP contribution >= 0.6 is 0 Å². The van der Waals surface area contributed by atoms with E-state index in [-0.39, 0.29) is 11.8 Å². The number of carbonyl (C=O) groups is 2. The molecule has 0 aromatic rings. The zero-order valence-electron chi connectivity index (χ0n) is 9.61. The van der Waals surface area contributed by atoms with Crippen molar-refractivity contribution >= 4 is 11.9 Å². The Morgan fingerprint density at radius 1 is 1.38 bits per heavy atom. The second-order valence-corrected chi connectivity index (χ2v) is 4.52. The zero-order valence-corrected chi connectivity index (χ0v) is 9.61. The molecule has 0 radical (unpaired) electrons. The lowest BCUT2D eigenvalue weighted by Crippen LogP contribution is -2.42. The van der Waals surface area contributed by atoms with Crippen molar-refractivity contribution in [1.29, 1.82) is 0 Å². The fourth-order valence-corrected chi connectivity index (χ4v) is 2.05. The molecule has 1 aliphatic rings. The molecule has 1 fully saturated rings. The van der Waals surface area contributed by atoms with Gasteiger partial charge >= 0.3 is 5.97 Å². The molecule has 0 spiro atoms. The number of hydrogen-bond acceptors (Lipinski definition) is 3. The van der Waals surface area contributed by atoms with E-state index in [4.69, 9.17) is 10.8 Å². The van der Waals surface area contributed by atoms with Crippen molar-refractivity contribution in [3.8, 4) is 0 Å². The summed E-state index contributed by atoms with van der Waals surface area (Å²) in [6.07, 6.45) is 3.58. The quantitative estimate of drug-likeness (QED) is 0.647. The van der Waals surface area contributed by atoms with E-state index >= 15 is 0 Å². The molecule has 5 nitrogen and oxygen atoms in total. The monoisotopic (exact) mass is 228 g/mol. The van der Waals surface area contributed by atoms with Gasteiger partial charge in [0.2, 0.25) is 5.91 Å². The smallest absolute Gasteiger partial charge is 0.325 e. The third kappa shape index (κ3) is 3.48. The minimum Gasteiger partial charge on any atom is -0.480 e. The number of nitrogens with two attached hydrogens (primary N) is 1. The molecule has 1 rings (SSSR count). The number of hydrogen-bond donors (Lipinski definition) is 3. The third-order valence-electron chi connectivity index (χ3n) is 3.28. The molecule has 0 heterocycles. The van der Waals surface area contributed by atoms with E-state index in [2.05, 4.69) is 5.32 Å². The fraction of sp³-hybridized carbons (Fsp3) is 0.818. The summed E-state index contributed by atoms with van der Waals surface area (Å²) < 4.78 is 0. The van der Waals surface area contributed by atoms with Crippen LogP contribution in [0.15, 0.2) is 0 Å². The molecule has 1 atom stereocenters. The highest BCUT2D eigenvalue weighted by molar-refractivity contribution is 5.84. The Morgan fingerprint density at radius 3 is 2.38 bits per heavy atom. The van der Waals surface area contributed by atoms with Gasteiger partial charge in [0.25, 0.3) is 0 Å². The van der Waals surface area contributed by atoms with Gasteiger partial charge in [0, 0.05) is 5.92 Å². The first-order valence-electron chi connectivity index (χ1n) is 5.77. The van der Waals surface area contributed by atoms with E-state index < -0.39 is 12.0 Å². The molecule has 0 aromatic heterocycles. The van der Waals surface area contributed by atoms with Gasteiger partial charge in [-0.1, -0.05) is 0 Å². The first-order valence-corrected chi connectivity index (χ1v) is 5.77. The lowest BCUT2D eigenvalue weighted by Gasteiger charge is -2.27. The number of carboxylic acids is 1. The van der Waals surface area contributed by atoms with Gasteiger partial charge in [-0.05, 0) is 45.1 Å². The van der Waals surface area contributed by atoms with Crippen molar-refractivity contribution in [3.05, 3.63) is 0 Å². The first-order chi connectivity index (χ1) is 7.54. The van der Waals surface area contributed by atoms with Crippen LogP contribution in [-0.2, 0) is 9.59 Å². The van der Waals surface area contributed by atoms with Crippen molar-refractivity contribution in [3.63, 3.8) is 0 Å². The number of nitrogens with one attached hydrogen (secondary N) is 1. The minimum absolute atomic E-state index is 0.0374. The summed E-state index contributed by atoms with van der Waals surface area (Å²) in [6, 6.07) is -0.806. The molecule has 0 unspecified atom stereocenters. The van der Waals surface area contributed by atoms with Crippen LogP contribution in [0.3, 0.4) is 0 Å². The number of aliphatic carboxylic acids is 1. The van der Waals surface area contributed by atoms with Crippen molar-refractivity contribution < 1.29 is 14.7 Å². The third-order valence-corrected chi connectivity index (χ3v) is 3.28. The molecule has 5 heteroatoms. The Morgan fingerprint density at radius 2 is 1.94 bits per heavy atom. The number of carboxylic acid groups (broad SMARTS) is 1. The predicted octanol–water partition coefficient (Wildman–Crippen LogP) is 0.341. The standard InChI is InChI=1S/C11H20N2O3/c1-7(11(15)16)13-10(14)9-4-2-8(6-12)3-5-9/h7-9H,2-6,12H2,1H3,(H,13,14)(H,15,16)/t7-,8?,9?/m0/s1. The normalized spacial score (nSPS) is 27.1. The van der Waals surface area contributed by atoms with Crippen LogP contribution < -0.4 is 11.1 Å². The fourth-order valence-electron chi connectivity index (χ4n) is 2.05. The Balaban J connectivity index is 2.36. The number of carbonyl (C=O) groups excluding carboxylic acids is 1. The molecule has 1 saturated carbocycles. The van der Waals surface area contributed by atoms with Gasteiger partial charge in [0.1, 0.15) is 6.04 Å². The Hall–Kier alpha value is -1.10. The van der Waals surface area contributed by atoms with Gasteiger partial charge in [-0.2, -0.15) is 0 Å². The minimum atomic E-state index is -0.996. The maximum absolute atomic E-state index is 11.7. The molecule has 1 aliphatic carbocycles. The largest absolute Gasteiger partial charge is 0.480 e. The molecule has 0 bridgehead atoms. The molecular weight excluding hydrogens is 208 g/mol. The highest BCUT2D eigenvalue weighted by atomic mass is 16.4. The highest BCUT2D eigenvalue weighted by Gasteiger charge is 2.27. The van der Waals surface area contributed by atoms with E-state index in [0.29, 0.717) is 12.5 Å². The summed E-state index contributed by atoms with van der Waals surface area (Å²) >= 11 is 0. The van der Waals surface area contributed by atoms with Crippen LogP contribution in [0.1, 0.15) is 32.6 Å². The molecule has 0 aliphatic heterocycles. The summed E-state index contributed by atoms with van der Waals surface area (Å²) in [4.78, 5) is 22.3. The highest BCUT2D eigenvalue weighted by Crippen LogP contribution is 2.28. The van der Waals surface area contributed by atoms with Crippen LogP contribution in [0.4, 0.5) is 0 Å². The molecule has 1 amide bonds. The van der Waals surface area contributed by atoms with Crippen LogP contribution in [-0.4, -0.2) is 29.6 Å². The average molecular weight is 228 g/mol. The lowest BCUT2D eigenvalue weighted by atomic mass is 9.81. The summed E-state index contributed by atoms with van der Waals surface area (Å²) in [5.74, 6) is -0.639. The summed E-state index contributed by atoms with van der Waals surface area (Å²) in [5, 5.41) is 11.2. The molecule has 92 valence electrons. The van der Waals surface area contributed by atoms with E-state index in [0.717, 1.165) is 25.7 Å². The molecule has 0 aromatic carbocycles. The number of rotatable bonds is 4. The lowest BCUT2D eigenvalue weighted by molar-refractivity contribution is -0.142. The zero-order chi connectivity index (χ0) is 12.1. The van der Waals surface area contributed by atoms with Crippen LogP contribution in [0.25, 0.3) is 0 Å². The maximum Gasteiger partial charge on any atom is 0.325 e. The van der Waals surface area contributed by atoms with Gasteiger partial charge in [-0.3, -0.25) is 9.59 Å². The van der Waals surface area contributed by atoms with E-state index in [1.807, 2.05) is 0 Å². The van der Waals surface area contributed by atoms with Crippen molar-refractivity contribution in [2.75, 3.05) is 6.54 Å². The molecule has 0 saturated heterocycles. The van der Waals surface area contributed by atoms with Crippen LogP contribution in [0.2, 0.25) is 0 Å². The van der Waals surface area contributed by atoms with Gasteiger partial charge in [-0.15, -0.1) is 0 Å². The first kappa shape index (κ1) is 13.0. The van der Waals surface area contributed by atoms with Gasteiger partial charge in [-0.25, -0.2) is 0 Å². The second kappa shape index (κ2) is 5.84. The topological polar surface area (TPSA) is 92.4 Å². The van der Waals surface area contributed by atoms with Crippen molar-refractivity contribution in [2.24, 2.45) is 17.6 Å². The van der Waals surface area contributed by atoms with Crippen molar-refractivity contribution in [1.82, 2.24) is 5.32 Å². The average Bonchev–Trinajstić information content (AvgIpc) is 2.28. The Bertz CT molecular complexity index is 260. The van der Waals surface area contributed by atoms with Gasteiger partial charge < -0.3 is 16.2 Å². The van der Waals surface area contributed by atoms with Crippen LogP contribution in [0.5, 0.6) is 0 Å². The van der Waals surface area contributed by atoms with Crippen LogP contribution in [0, 0.1) is 11.8 Å². The van der Waals surface area contributed by atoms with Gasteiger partial charge in [0.15, 0.2) is 0 Å². The van der Waals surface area contributed by atoms with E-state index in [1.165, 1.54) is 6.92 Å². The summed E-state index contributed by atoms with van der Waals surface area (Å²) in [5.41, 5.74) is 5.57. The van der Waals surface area contributed by atoms with E-state index in [9.17, 15) is 9.59 Å². The Labute approximate surface area is 95.4 Å². The molecule has 4 N–H and O–H groups in total. The SMILES string of the molecule is C[C@H](NC(=O)C1CCC(CN)CC1)C(=O)O.